The Morgan fingerprint density at radius 3 is 2.55 bits per heavy atom. The van der Waals surface area contributed by atoms with E-state index in [9.17, 15) is 9.59 Å². The normalized spacial score (nSPS) is 14.7. The molecule has 2 N–H and O–H groups in total. The molecule has 1 amide bonds. The second kappa shape index (κ2) is 10.0. The van der Waals surface area contributed by atoms with Gasteiger partial charge in [-0.05, 0) is 44.9 Å². The zero-order chi connectivity index (χ0) is 20.6. The van der Waals surface area contributed by atoms with Gasteiger partial charge in [-0.2, -0.15) is 0 Å². The number of benzene rings is 1. The lowest BCUT2D eigenvalue weighted by Crippen LogP contribution is -2.22. The molecule has 1 aromatic heterocycles. The Balaban J connectivity index is 1.76. The smallest absolute Gasteiger partial charge is 0.340 e. The average Bonchev–Trinajstić information content (AvgIpc) is 2.97. The van der Waals surface area contributed by atoms with Gasteiger partial charge >= 0.3 is 5.97 Å². The van der Waals surface area contributed by atoms with Gasteiger partial charge in [-0.1, -0.05) is 37.8 Å². The molecule has 1 fully saturated rings. The molecule has 0 spiro atoms. The third-order valence-electron chi connectivity index (χ3n) is 4.95. The van der Waals surface area contributed by atoms with Crippen LogP contribution in [-0.4, -0.2) is 34.5 Å². The molecule has 29 heavy (non-hydrogen) atoms. The predicted molar refractivity (Wildman–Crippen MR) is 112 cm³/mol. The zero-order valence-corrected chi connectivity index (χ0v) is 17.0. The number of amides is 1. The number of carbonyl (C=O) groups is 2. The van der Waals surface area contributed by atoms with E-state index in [1.807, 2.05) is 6.92 Å². The lowest BCUT2D eigenvalue weighted by Gasteiger charge is -2.17. The molecule has 0 saturated heterocycles. The third kappa shape index (κ3) is 5.76. The highest BCUT2D eigenvalue weighted by atomic mass is 16.5. The van der Waals surface area contributed by atoms with Crippen molar-refractivity contribution in [3.63, 3.8) is 0 Å². The Labute approximate surface area is 171 Å². The van der Waals surface area contributed by atoms with Crippen molar-refractivity contribution in [3.05, 3.63) is 47.3 Å². The van der Waals surface area contributed by atoms with Crippen LogP contribution in [0, 0.1) is 6.92 Å². The monoisotopic (exact) mass is 396 g/mol. The van der Waals surface area contributed by atoms with Crippen molar-refractivity contribution in [1.29, 1.82) is 0 Å². The highest BCUT2D eigenvalue weighted by Gasteiger charge is 2.18. The molecule has 1 saturated carbocycles. The Hall–Kier alpha value is -2.96. The minimum atomic E-state index is -0.474. The fraction of sp³-hybridized carbons (Fsp3) is 0.455. The van der Waals surface area contributed by atoms with Gasteiger partial charge < -0.3 is 15.4 Å². The topological polar surface area (TPSA) is 93.2 Å². The molecule has 3 rings (SSSR count). The fourth-order valence-electron chi connectivity index (χ4n) is 3.52. The second-order valence-corrected chi connectivity index (χ2v) is 7.27. The van der Waals surface area contributed by atoms with Crippen molar-refractivity contribution in [2.24, 2.45) is 0 Å². The summed E-state index contributed by atoms with van der Waals surface area (Å²) in [6, 6.07) is 8.75. The highest BCUT2D eigenvalue weighted by Crippen LogP contribution is 2.21. The minimum absolute atomic E-state index is 0.257. The number of hydrogen-bond acceptors (Lipinski definition) is 6. The third-order valence-corrected chi connectivity index (χ3v) is 4.95. The van der Waals surface area contributed by atoms with Crippen LogP contribution in [0.3, 0.4) is 0 Å². The van der Waals surface area contributed by atoms with E-state index in [-0.39, 0.29) is 12.3 Å². The number of aryl methyl sites for hydroxylation is 1. The number of esters is 1. The first-order valence-corrected chi connectivity index (χ1v) is 10.3. The summed E-state index contributed by atoms with van der Waals surface area (Å²) in [4.78, 5) is 33.8. The van der Waals surface area contributed by atoms with Gasteiger partial charge in [0, 0.05) is 11.7 Å². The molecule has 0 bridgehead atoms. The average molecular weight is 396 g/mol. The van der Waals surface area contributed by atoms with Crippen LogP contribution in [0.25, 0.3) is 0 Å². The number of nitrogens with one attached hydrogen (secondary N) is 2. The number of aromatic nitrogens is 2. The Morgan fingerprint density at radius 2 is 1.83 bits per heavy atom. The predicted octanol–water partition coefficient (Wildman–Crippen LogP) is 4.35. The maximum Gasteiger partial charge on any atom is 0.340 e. The van der Waals surface area contributed by atoms with Crippen LogP contribution in [0.2, 0.25) is 0 Å². The SMILES string of the molecule is CCOC(=O)c1ccccc1NC(=O)c1cc(C)nc(NC2CCCCCC2)n1. The summed E-state index contributed by atoms with van der Waals surface area (Å²) in [7, 11) is 0. The molecule has 1 heterocycles. The van der Waals surface area contributed by atoms with E-state index < -0.39 is 11.9 Å². The molecule has 0 unspecified atom stereocenters. The van der Waals surface area contributed by atoms with E-state index >= 15 is 0 Å². The van der Waals surface area contributed by atoms with Crippen LogP contribution in [0.4, 0.5) is 11.6 Å². The molecule has 154 valence electrons. The van der Waals surface area contributed by atoms with Gasteiger partial charge in [0.25, 0.3) is 5.91 Å². The molecule has 0 atom stereocenters. The fourth-order valence-corrected chi connectivity index (χ4v) is 3.52. The Kier molecular flexibility index (Phi) is 7.16. The van der Waals surface area contributed by atoms with Crippen LogP contribution >= 0.6 is 0 Å². The van der Waals surface area contributed by atoms with E-state index in [1.165, 1.54) is 25.7 Å². The number of anilines is 2. The number of rotatable bonds is 6. The maximum absolute atomic E-state index is 12.8. The van der Waals surface area contributed by atoms with Crippen molar-refractivity contribution in [3.8, 4) is 0 Å². The number of hydrogen-bond donors (Lipinski definition) is 2. The molecular formula is C22H28N4O3. The lowest BCUT2D eigenvalue weighted by atomic mass is 10.1. The summed E-state index contributed by atoms with van der Waals surface area (Å²) in [5, 5.41) is 6.17. The van der Waals surface area contributed by atoms with Crippen LogP contribution < -0.4 is 10.6 Å². The molecule has 7 nitrogen and oxygen atoms in total. The standard InChI is InChI=1S/C22H28N4O3/c1-3-29-21(28)17-12-8-9-13-18(17)25-20(27)19-14-15(2)23-22(26-19)24-16-10-6-4-5-7-11-16/h8-9,12-14,16H,3-7,10-11H2,1-2H3,(H,25,27)(H,23,24,26). The van der Waals surface area contributed by atoms with Gasteiger partial charge in [-0.3, -0.25) is 4.79 Å². The number of para-hydroxylation sites is 1. The van der Waals surface area contributed by atoms with Gasteiger partial charge in [0.1, 0.15) is 5.69 Å². The largest absolute Gasteiger partial charge is 0.462 e. The van der Waals surface area contributed by atoms with Gasteiger partial charge in [0.2, 0.25) is 5.95 Å². The summed E-state index contributed by atoms with van der Waals surface area (Å²) in [5.41, 5.74) is 1.67. The number of ether oxygens (including phenoxy) is 1. The van der Waals surface area contributed by atoms with Gasteiger partial charge in [0.15, 0.2) is 0 Å². The molecular weight excluding hydrogens is 368 g/mol. The van der Waals surface area contributed by atoms with Gasteiger partial charge in [-0.25, -0.2) is 14.8 Å². The quantitative estimate of drug-likeness (QED) is 0.557. The first-order valence-electron chi connectivity index (χ1n) is 10.3. The van der Waals surface area contributed by atoms with E-state index in [2.05, 4.69) is 20.6 Å². The Bertz CT molecular complexity index is 861. The van der Waals surface area contributed by atoms with Crippen molar-refractivity contribution >= 4 is 23.5 Å². The minimum Gasteiger partial charge on any atom is -0.462 e. The summed E-state index contributed by atoms with van der Waals surface area (Å²) < 4.78 is 5.06. The second-order valence-electron chi connectivity index (χ2n) is 7.27. The molecule has 1 aliphatic carbocycles. The van der Waals surface area contributed by atoms with Gasteiger partial charge in [-0.15, -0.1) is 0 Å². The lowest BCUT2D eigenvalue weighted by molar-refractivity contribution is 0.0527. The van der Waals surface area contributed by atoms with Crippen molar-refractivity contribution in [2.45, 2.75) is 58.4 Å². The van der Waals surface area contributed by atoms with E-state index in [1.54, 1.807) is 37.3 Å². The molecule has 7 heteroatoms. The summed E-state index contributed by atoms with van der Waals surface area (Å²) >= 11 is 0. The maximum atomic E-state index is 12.8. The number of nitrogens with zero attached hydrogens (tertiary/aromatic N) is 2. The van der Waals surface area contributed by atoms with Crippen LogP contribution in [0.1, 0.15) is 72.0 Å². The van der Waals surface area contributed by atoms with Crippen LogP contribution in [0.15, 0.2) is 30.3 Å². The highest BCUT2D eigenvalue weighted by molar-refractivity contribution is 6.07. The molecule has 2 aromatic rings. The zero-order valence-electron chi connectivity index (χ0n) is 17.0. The van der Waals surface area contributed by atoms with Crippen LogP contribution in [0.5, 0.6) is 0 Å². The van der Waals surface area contributed by atoms with E-state index in [4.69, 9.17) is 4.74 Å². The molecule has 1 aliphatic rings. The van der Waals surface area contributed by atoms with Crippen molar-refractivity contribution < 1.29 is 14.3 Å². The van der Waals surface area contributed by atoms with Crippen molar-refractivity contribution in [1.82, 2.24) is 9.97 Å². The van der Waals surface area contributed by atoms with E-state index in [0.29, 0.717) is 28.9 Å². The number of carbonyl (C=O) groups excluding carboxylic acids is 2. The molecule has 0 aliphatic heterocycles. The van der Waals surface area contributed by atoms with Gasteiger partial charge in [0.05, 0.1) is 17.9 Å². The first-order chi connectivity index (χ1) is 14.1. The summed E-state index contributed by atoms with van der Waals surface area (Å²) in [6.07, 6.45) is 7.10. The van der Waals surface area contributed by atoms with Crippen molar-refractivity contribution in [2.75, 3.05) is 17.2 Å². The summed E-state index contributed by atoms with van der Waals surface area (Å²) in [6.45, 7) is 3.84. The van der Waals surface area contributed by atoms with Crippen LogP contribution in [-0.2, 0) is 4.74 Å². The summed E-state index contributed by atoms with van der Waals surface area (Å²) in [5.74, 6) is -0.394. The Morgan fingerprint density at radius 1 is 1.10 bits per heavy atom. The van der Waals surface area contributed by atoms with E-state index in [0.717, 1.165) is 12.8 Å². The molecule has 0 radical (unpaired) electrons. The molecule has 1 aromatic carbocycles. The first kappa shape index (κ1) is 20.8.